The molecule has 0 bridgehead atoms. The summed E-state index contributed by atoms with van der Waals surface area (Å²) in [6.07, 6.45) is 0. The molecule has 0 unspecified atom stereocenters. The van der Waals surface area contributed by atoms with Crippen LogP contribution in [0.25, 0.3) is 28.1 Å². The number of ether oxygens (including phenoxy) is 4. The summed E-state index contributed by atoms with van der Waals surface area (Å²) in [6, 6.07) is 24.3. The largest absolute Gasteiger partial charge is 0.493 e. The summed E-state index contributed by atoms with van der Waals surface area (Å²) in [4.78, 5) is 25.4. The lowest BCUT2D eigenvalue weighted by Gasteiger charge is -2.14. The van der Waals surface area contributed by atoms with Gasteiger partial charge in [-0.1, -0.05) is 42.0 Å². The van der Waals surface area contributed by atoms with Gasteiger partial charge in [0, 0.05) is 23.7 Å². The van der Waals surface area contributed by atoms with E-state index in [0.717, 1.165) is 22.4 Å². The number of anilines is 1. The molecule has 1 heterocycles. The van der Waals surface area contributed by atoms with Gasteiger partial charge in [0.2, 0.25) is 11.6 Å². The zero-order valence-electron chi connectivity index (χ0n) is 26.3. The lowest BCUT2D eigenvalue weighted by molar-refractivity contribution is -0.132. The molecule has 9 heteroatoms. The number of methoxy groups -OCH3 is 3. The van der Waals surface area contributed by atoms with Crippen LogP contribution in [0.4, 0.5) is 5.69 Å². The van der Waals surface area contributed by atoms with Gasteiger partial charge in [-0.25, -0.2) is 0 Å². The molecule has 0 radical (unpaired) electrons. The van der Waals surface area contributed by atoms with Gasteiger partial charge in [0.05, 0.1) is 32.6 Å². The highest BCUT2D eigenvalue weighted by atomic mass is 16.5. The summed E-state index contributed by atoms with van der Waals surface area (Å²) in [6.45, 7) is 7.25. The second-order valence-corrected chi connectivity index (χ2v) is 10.6. The number of benzene rings is 4. The maximum Gasteiger partial charge on any atom is 0.309 e. The van der Waals surface area contributed by atoms with Crippen molar-refractivity contribution >= 4 is 17.6 Å². The Morgan fingerprint density at radius 1 is 0.756 bits per heavy atom. The van der Waals surface area contributed by atoms with Crippen LogP contribution < -0.4 is 24.3 Å². The van der Waals surface area contributed by atoms with Gasteiger partial charge < -0.3 is 24.3 Å². The minimum atomic E-state index is -0.499. The van der Waals surface area contributed by atoms with E-state index in [1.165, 1.54) is 6.92 Å². The number of hydrogen-bond acceptors (Lipinski definition) is 7. The van der Waals surface area contributed by atoms with Gasteiger partial charge in [-0.15, -0.1) is 0 Å². The first kappa shape index (κ1) is 30.9. The average molecular weight is 606 g/mol. The molecule has 0 spiro atoms. The van der Waals surface area contributed by atoms with Gasteiger partial charge in [0.15, 0.2) is 11.5 Å². The molecule has 5 aromatic rings. The summed E-state index contributed by atoms with van der Waals surface area (Å²) in [5, 5.41) is 7.98. The second-order valence-electron chi connectivity index (χ2n) is 10.6. The van der Waals surface area contributed by atoms with Crippen molar-refractivity contribution in [2.24, 2.45) is 0 Å². The molecule has 9 nitrogen and oxygen atoms in total. The summed E-state index contributed by atoms with van der Waals surface area (Å²) >= 11 is 0. The van der Waals surface area contributed by atoms with E-state index in [2.05, 4.69) is 5.32 Å². The van der Waals surface area contributed by atoms with E-state index >= 15 is 0 Å². The standard InChI is InChI=1S/C36H35N3O6/c1-21-9-8-10-26(17-21)35(41)37-28-15-13-25(14-16-28)32-33(27-19-30(42-5)34(44-7)31(20-27)43-6)38-39(36(32)45-24(4)40)29-18-22(2)11-12-23(29)3/h8-20H,1-7H3,(H,37,41). The lowest BCUT2D eigenvalue weighted by Crippen LogP contribution is -2.11. The molecule has 4 aromatic carbocycles. The van der Waals surface area contributed by atoms with E-state index in [1.807, 2.05) is 69.3 Å². The molecule has 0 aliphatic carbocycles. The van der Waals surface area contributed by atoms with E-state index in [-0.39, 0.29) is 11.8 Å². The van der Waals surface area contributed by atoms with Crippen LogP contribution >= 0.6 is 0 Å². The van der Waals surface area contributed by atoms with Crippen LogP contribution in [0.15, 0.2) is 78.9 Å². The van der Waals surface area contributed by atoms with E-state index < -0.39 is 5.97 Å². The first-order valence-electron chi connectivity index (χ1n) is 14.3. The molecule has 1 amide bonds. The van der Waals surface area contributed by atoms with Gasteiger partial charge >= 0.3 is 5.97 Å². The Morgan fingerprint density at radius 2 is 1.42 bits per heavy atom. The Bertz CT molecular complexity index is 1870. The molecule has 230 valence electrons. The Hall–Kier alpha value is -5.57. The normalized spacial score (nSPS) is 10.7. The SMILES string of the molecule is COc1cc(-c2nn(-c3cc(C)ccc3C)c(OC(C)=O)c2-c2ccc(NC(=O)c3cccc(C)c3)cc2)cc(OC)c1OC. The summed E-state index contributed by atoms with van der Waals surface area (Å²) in [7, 11) is 4.63. The zero-order chi connectivity index (χ0) is 32.2. The first-order chi connectivity index (χ1) is 21.6. The molecular weight excluding hydrogens is 570 g/mol. The zero-order valence-corrected chi connectivity index (χ0v) is 26.3. The van der Waals surface area contributed by atoms with Gasteiger partial charge in [-0.2, -0.15) is 9.78 Å². The Balaban J connectivity index is 1.71. The topological polar surface area (TPSA) is 101 Å². The van der Waals surface area contributed by atoms with Crippen molar-refractivity contribution in [1.82, 2.24) is 9.78 Å². The Kier molecular flexibility index (Phi) is 8.90. The number of nitrogens with zero attached hydrogens (tertiary/aromatic N) is 2. The first-order valence-corrected chi connectivity index (χ1v) is 14.3. The number of carbonyl (C=O) groups is 2. The van der Waals surface area contributed by atoms with Gasteiger partial charge in [0.25, 0.3) is 5.91 Å². The predicted molar refractivity (Wildman–Crippen MR) is 174 cm³/mol. The van der Waals surface area contributed by atoms with Crippen molar-refractivity contribution in [1.29, 1.82) is 0 Å². The number of nitrogens with one attached hydrogen (secondary N) is 1. The maximum absolute atomic E-state index is 12.9. The fourth-order valence-corrected chi connectivity index (χ4v) is 5.13. The highest BCUT2D eigenvalue weighted by Gasteiger charge is 2.27. The maximum atomic E-state index is 12.9. The second kappa shape index (κ2) is 13.0. The van der Waals surface area contributed by atoms with Crippen LogP contribution in [0.5, 0.6) is 23.1 Å². The van der Waals surface area contributed by atoms with Crippen molar-refractivity contribution < 1.29 is 28.5 Å². The van der Waals surface area contributed by atoms with Crippen LogP contribution in [0.2, 0.25) is 0 Å². The smallest absolute Gasteiger partial charge is 0.309 e. The average Bonchev–Trinajstić information content (AvgIpc) is 3.39. The molecule has 0 fully saturated rings. The molecule has 45 heavy (non-hydrogen) atoms. The number of aryl methyl sites for hydroxylation is 3. The summed E-state index contributed by atoms with van der Waals surface area (Å²) in [5.41, 5.74) is 7.32. The van der Waals surface area contributed by atoms with E-state index in [4.69, 9.17) is 24.0 Å². The molecule has 0 aliphatic rings. The van der Waals surface area contributed by atoms with Crippen molar-refractivity contribution in [2.45, 2.75) is 27.7 Å². The monoisotopic (exact) mass is 605 g/mol. The van der Waals surface area contributed by atoms with Crippen molar-refractivity contribution in [3.05, 3.63) is 101 Å². The highest BCUT2D eigenvalue weighted by molar-refractivity contribution is 6.04. The van der Waals surface area contributed by atoms with Gasteiger partial charge in [-0.3, -0.25) is 9.59 Å². The molecule has 1 N–H and O–H groups in total. The summed E-state index contributed by atoms with van der Waals surface area (Å²) in [5.74, 6) is 0.864. The fourth-order valence-electron chi connectivity index (χ4n) is 5.13. The van der Waals surface area contributed by atoms with E-state index in [0.29, 0.717) is 50.9 Å². The number of aromatic nitrogens is 2. The van der Waals surface area contributed by atoms with Gasteiger partial charge in [0.1, 0.15) is 5.69 Å². The molecule has 5 rings (SSSR count). The Morgan fingerprint density at radius 3 is 2.02 bits per heavy atom. The van der Waals surface area contributed by atoms with Crippen molar-refractivity contribution in [3.8, 4) is 51.2 Å². The predicted octanol–water partition coefficient (Wildman–Crippen LogP) is 7.33. The minimum absolute atomic E-state index is 0.215. The van der Waals surface area contributed by atoms with Crippen molar-refractivity contribution in [3.63, 3.8) is 0 Å². The number of carbonyl (C=O) groups excluding carboxylic acids is 2. The number of esters is 1. The van der Waals surface area contributed by atoms with Gasteiger partial charge in [-0.05, 0) is 79.9 Å². The molecule has 0 atom stereocenters. The summed E-state index contributed by atoms with van der Waals surface area (Å²) < 4.78 is 24.4. The molecule has 0 aliphatic heterocycles. The number of hydrogen-bond donors (Lipinski definition) is 1. The lowest BCUT2D eigenvalue weighted by atomic mass is 10.00. The fraction of sp³-hybridized carbons (Fsp3) is 0.194. The highest BCUT2D eigenvalue weighted by Crippen LogP contribution is 2.46. The molecule has 0 saturated heterocycles. The number of amides is 1. The van der Waals surface area contributed by atoms with Crippen LogP contribution in [-0.2, 0) is 4.79 Å². The van der Waals surface area contributed by atoms with E-state index in [9.17, 15) is 9.59 Å². The number of rotatable bonds is 9. The molecule has 1 aromatic heterocycles. The third-order valence-corrected chi connectivity index (χ3v) is 7.33. The van der Waals surface area contributed by atoms with Crippen LogP contribution in [0.1, 0.15) is 34.0 Å². The van der Waals surface area contributed by atoms with E-state index in [1.54, 1.807) is 56.3 Å². The minimum Gasteiger partial charge on any atom is -0.493 e. The Labute approximate surface area is 262 Å². The third kappa shape index (κ3) is 6.38. The van der Waals surface area contributed by atoms with Crippen LogP contribution in [-0.4, -0.2) is 43.0 Å². The quantitative estimate of drug-likeness (QED) is 0.176. The van der Waals surface area contributed by atoms with Crippen LogP contribution in [0, 0.1) is 20.8 Å². The molecular formula is C36H35N3O6. The van der Waals surface area contributed by atoms with Crippen LogP contribution in [0.3, 0.4) is 0 Å². The van der Waals surface area contributed by atoms with Crippen molar-refractivity contribution in [2.75, 3.05) is 26.6 Å². The third-order valence-electron chi connectivity index (χ3n) is 7.33. The molecule has 0 saturated carbocycles.